The van der Waals surface area contributed by atoms with Crippen molar-refractivity contribution in [2.24, 2.45) is 0 Å². The van der Waals surface area contributed by atoms with E-state index in [-0.39, 0.29) is 33.1 Å². The van der Waals surface area contributed by atoms with Crippen LogP contribution in [0.5, 0.6) is 11.5 Å². The minimum atomic E-state index is -1.08. The topological polar surface area (TPSA) is 126 Å². The zero-order valence-corrected chi connectivity index (χ0v) is 17.3. The fourth-order valence-corrected chi connectivity index (χ4v) is 3.76. The molecule has 2 N–H and O–H groups in total. The number of methoxy groups -OCH3 is 1. The third-order valence-electron chi connectivity index (χ3n) is 4.65. The van der Waals surface area contributed by atoms with Crippen molar-refractivity contribution in [1.82, 2.24) is 5.16 Å². The SMILES string of the molecule is COc1cc([C@H]2C(C(=O)c3ccco3)=C(O)C(=O)N2c2cc(C)on2)cc(Br)c1O. The van der Waals surface area contributed by atoms with Crippen molar-refractivity contribution < 1.29 is 33.5 Å². The molecule has 10 heteroatoms. The number of phenols is 1. The molecule has 0 saturated carbocycles. The fraction of sp³-hybridized carbons (Fsp3) is 0.150. The van der Waals surface area contributed by atoms with Crippen LogP contribution in [-0.4, -0.2) is 34.2 Å². The first-order valence-corrected chi connectivity index (χ1v) is 9.47. The average molecular weight is 475 g/mol. The van der Waals surface area contributed by atoms with Crippen LogP contribution >= 0.6 is 15.9 Å². The number of nitrogens with zero attached hydrogens (tertiary/aromatic N) is 2. The highest BCUT2D eigenvalue weighted by molar-refractivity contribution is 9.10. The van der Waals surface area contributed by atoms with E-state index in [4.69, 9.17) is 13.7 Å². The van der Waals surface area contributed by atoms with Crippen LogP contribution in [0.3, 0.4) is 0 Å². The second-order valence-corrected chi connectivity index (χ2v) is 7.35. The van der Waals surface area contributed by atoms with Crippen molar-refractivity contribution in [3.8, 4) is 11.5 Å². The van der Waals surface area contributed by atoms with Crippen molar-refractivity contribution in [2.45, 2.75) is 13.0 Å². The summed E-state index contributed by atoms with van der Waals surface area (Å²) in [7, 11) is 1.37. The number of hydrogen-bond acceptors (Lipinski definition) is 8. The molecule has 0 aliphatic carbocycles. The molecule has 4 rings (SSSR count). The van der Waals surface area contributed by atoms with E-state index in [1.54, 1.807) is 6.92 Å². The molecule has 1 aromatic carbocycles. The van der Waals surface area contributed by atoms with Crippen molar-refractivity contribution in [3.63, 3.8) is 0 Å². The number of amides is 1. The Hall–Kier alpha value is -3.53. The van der Waals surface area contributed by atoms with Gasteiger partial charge in [-0.25, -0.2) is 0 Å². The molecule has 1 aliphatic rings. The lowest BCUT2D eigenvalue weighted by molar-refractivity contribution is -0.117. The number of ketones is 1. The third-order valence-corrected chi connectivity index (χ3v) is 5.25. The number of anilines is 1. The summed E-state index contributed by atoms with van der Waals surface area (Å²) in [6, 6.07) is 6.36. The number of aliphatic hydroxyl groups excluding tert-OH is 1. The van der Waals surface area contributed by atoms with Crippen LogP contribution in [0.25, 0.3) is 0 Å². The summed E-state index contributed by atoms with van der Waals surface area (Å²) < 4.78 is 15.7. The highest BCUT2D eigenvalue weighted by Gasteiger charge is 2.46. The lowest BCUT2D eigenvalue weighted by Crippen LogP contribution is -2.31. The van der Waals surface area contributed by atoms with Gasteiger partial charge < -0.3 is 23.9 Å². The summed E-state index contributed by atoms with van der Waals surface area (Å²) in [5.41, 5.74) is 0.180. The van der Waals surface area contributed by atoms with Crippen LogP contribution in [0.2, 0.25) is 0 Å². The summed E-state index contributed by atoms with van der Waals surface area (Å²) >= 11 is 3.24. The highest BCUT2D eigenvalue weighted by Crippen LogP contribution is 2.45. The molecule has 0 spiro atoms. The van der Waals surface area contributed by atoms with Gasteiger partial charge >= 0.3 is 0 Å². The number of phenolic OH excluding ortho intramolecular Hbond substituents is 1. The third kappa shape index (κ3) is 3.05. The van der Waals surface area contributed by atoms with Gasteiger partial charge in [0.15, 0.2) is 28.8 Å². The highest BCUT2D eigenvalue weighted by atomic mass is 79.9. The molecule has 0 radical (unpaired) electrons. The maximum Gasteiger partial charge on any atom is 0.295 e. The predicted octanol–water partition coefficient (Wildman–Crippen LogP) is 3.84. The molecule has 30 heavy (non-hydrogen) atoms. The van der Waals surface area contributed by atoms with Gasteiger partial charge in [0.2, 0.25) is 5.78 Å². The number of hydrogen-bond donors (Lipinski definition) is 2. The molecule has 3 aromatic rings. The van der Waals surface area contributed by atoms with E-state index in [0.717, 1.165) is 4.90 Å². The van der Waals surface area contributed by atoms with Gasteiger partial charge in [0.25, 0.3) is 5.91 Å². The minimum absolute atomic E-state index is 0.0441. The van der Waals surface area contributed by atoms with E-state index in [2.05, 4.69) is 21.1 Å². The molecule has 3 heterocycles. The molecule has 154 valence electrons. The van der Waals surface area contributed by atoms with Crippen LogP contribution in [0.4, 0.5) is 5.82 Å². The van der Waals surface area contributed by atoms with Gasteiger partial charge in [-0.2, -0.15) is 0 Å². The van der Waals surface area contributed by atoms with Gasteiger partial charge in [-0.15, -0.1) is 0 Å². The van der Waals surface area contributed by atoms with E-state index in [1.807, 2.05) is 0 Å². The maximum atomic E-state index is 13.1. The standard InChI is InChI=1S/C20H15BrN2O7/c1-9-6-14(22-30-9)23-16(10-7-11(21)17(24)13(8-10)28-2)15(19(26)20(23)27)18(25)12-4-3-5-29-12/h3-8,16,24,26H,1-2H3/t16-/m0/s1. The summed E-state index contributed by atoms with van der Waals surface area (Å²) in [6.45, 7) is 1.65. The number of Topliss-reactive ketones (excluding diaryl/α,β-unsaturated/α-hetero) is 1. The number of aromatic hydroxyl groups is 1. The van der Waals surface area contributed by atoms with Crippen molar-refractivity contribution >= 4 is 33.4 Å². The Bertz CT molecular complexity index is 1180. The molecule has 0 fully saturated rings. The molecule has 2 aromatic heterocycles. The normalized spacial score (nSPS) is 16.4. The second-order valence-electron chi connectivity index (χ2n) is 6.50. The zero-order valence-electron chi connectivity index (χ0n) is 15.7. The van der Waals surface area contributed by atoms with Crippen LogP contribution in [0.15, 0.2) is 61.3 Å². The number of aliphatic hydroxyl groups is 1. The first-order chi connectivity index (χ1) is 14.3. The first kappa shape index (κ1) is 19.8. The average Bonchev–Trinajstić information content (AvgIpc) is 3.45. The van der Waals surface area contributed by atoms with Crippen LogP contribution < -0.4 is 9.64 Å². The predicted molar refractivity (Wildman–Crippen MR) is 107 cm³/mol. The van der Waals surface area contributed by atoms with E-state index >= 15 is 0 Å². The molecule has 1 aliphatic heterocycles. The monoisotopic (exact) mass is 474 g/mol. The molecular formula is C20H15BrN2O7. The quantitative estimate of drug-likeness (QED) is 0.534. The molecule has 1 amide bonds. The maximum absolute atomic E-state index is 13.1. The van der Waals surface area contributed by atoms with E-state index in [9.17, 15) is 19.8 Å². The molecule has 1 atom stereocenters. The minimum Gasteiger partial charge on any atom is -0.503 e. The Kier molecular flexibility index (Phi) is 4.86. The van der Waals surface area contributed by atoms with Gasteiger partial charge in [0.05, 0.1) is 29.5 Å². The number of ether oxygens (including phenoxy) is 1. The Morgan fingerprint density at radius 2 is 2.07 bits per heavy atom. The van der Waals surface area contributed by atoms with Gasteiger partial charge in [0.1, 0.15) is 5.76 Å². The van der Waals surface area contributed by atoms with Crippen molar-refractivity contribution in [2.75, 3.05) is 12.0 Å². The van der Waals surface area contributed by atoms with E-state index in [0.29, 0.717) is 11.3 Å². The number of benzene rings is 1. The first-order valence-electron chi connectivity index (χ1n) is 8.68. The number of halogens is 1. The lowest BCUT2D eigenvalue weighted by Gasteiger charge is -2.25. The van der Waals surface area contributed by atoms with Crippen LogP contribution in [0.1, 0.15) is 27.9 Å². The Morgan fingerprint density at radius 1 is 1.30 bits per heavy atom. The Balaban J connectivity index is 1.93. The number of carbonyl (C=O) groups is 2. The number of aromatic nitrogens is 1. The summed E-state index contributed by atoms with van der Waals surface area (Å²) in [6.07, 6.45) is 1.32. The number of rotatable bonds is 5. The molecular weight excluding hydrogens is 460 g/mol. The van der Waals surface area contributed by atoms with Crippen LogP contribution in [0, 0.1) is 6.92 Å². The fourth-order valence-electron chi connectivity index (χ4n) is 3.30. The zero-order chi connectivity index (χ0) is 21.6. The number of aryl methyl sites for hydroxylation is 1. The molecule has 9 nitrogen and oxygen atoms in total. The summed E-state index contributed by atoms with van der Waals surface area (Å²) in [4.78, 5) is 27.2. The second kappa shape index (κ2) is 7.38. The Labute approximate surface area is 178 Å². The molecule has 0 saturated heterocycles. The lowest BCUT2D eigenvalue weighted by atomic mass is 9.94. The van der Waals surface area contributed by atoms with E-state index in [1.165, 1.54) is 43.7 Å². The van der Waals surface area contributed by atoms with Gasteiger partial charge in [-0.3, -0.25) is 14.5 Å². The molecule has 0 unspecified atom stereocenters. The smallest absolute Gasteiger partial charge is 0.295 e. The van der Waals surface area contributed by atoms with Crippen molar-refractivity contribution in [1.29, 1.82) is 0 Å². The van der Waals surface area contributed by atoms with Gasteiger partial charge in [-0.1, -0.05) is 5.16 Å². The molecule has 0 bridgehead atoms. The summed E-state index contributed by atoms with van der Waals surface area (Å²) in [5, 5.41) is 24.6. The van der Waals surface area contributed by atoms with Gasteiger partial charge in [0, 0.05) is 6.07 Å². The van der Waals surface area contributed by atoms with Gasteiger partial charge in [-0.05, 0) is 52.7 Å². The largest absolute Gasteiger partial charge is 0.503 e. The summed E-state index contributed by atoms with van der Waals surface area (Å²) in [5.74, 6) is -1.76. The number of furan rings is 1. The van der Waals surface area contributed by atoms with Crippen molar-refractivity contribution in [3.05, 3.63) is 69.5 Å². The Morgan fingerprint density at radius 3 is 2.67 bits per heavy atom. The van der Waals surface area contributed by atoms with E-state index < -0.39 is 23.5 Å². The van der Waals surface area contributed by atoms with Crippen LogP contribution in [-0.2, 0) is 4.79 Å². The number of carbonyl (C=O) groups excluding carboxylic acids is 2.